The molecule has 3 rings (SSSR count). The van der Waals surface area contributed by atoms with Crippen molar-refractivity contribution in [3.8, 4) is 0 Å². The molecule has 1 saturated heterocycles. The number of hydrogen-bond donors (Lipinski definition) is 2. The topological polar surface area (TPSA) is 73.4 Å². The van der Waals surface area contributed by atoms with E-state index in [9.17, 15) is 22.8 Å². The molecular formula is C16H15F3N2O3. The average Bonchev–Trinajstić information content (AvgIpc) is 3.09. The molecule has 1 aliphatic heterocycles. The highest BCUT2D eigenvalue weighted by Crippen LogP contribution is 2.38. The molecule has 8 heteroatoms. The van der Waals surface area contributed by atoms with Crippen molar-refractivity contribution in [2.45, 2.75) is 13.1 Å². The number of benzene rings is 1. The smallest absolute Gasteiger partial charge is 0.394 e. The standard InChI is InChI=1S/C16H15F3N2O3/c1-8-2-3-9-5-13(20-12(9)4-8)14(22)21-6-10(15(23)24)11(7-21)16(17,18)19/h2-5,10-11,20H,6-7H2,1H3,(H,23,24)/t10-,11-/m1/s1. The van der Waals surface area contributed by atoms with Crippen molar-refractivity contribution >= 4 is 22.8 Å². The van der Waals surface area contributed by atoms with Gasteiger partial charge in [0.1, 0.15) is 5.69 Å². The number of carbonyl (C=O) groups excluding carboxylic acids is 1. The predicted octanol–water partition coefficient (Wildman–Crippen LogP) is 2.81. The lowest BCUT2D eigenvalue weighted by Crippen LogP contribution is -2.34. The molecule has 0 unspecified atom stereocenters. The van der Waals surface area contributed by atoms with Crippen LogP contribution < -0.4 is 0 Å². The Bertz CT molecular complexity index is 812. The van der Waals surface area contributed by atoms with E-state index in [1.165, 1.54) is 0 Å². The summed E-state index contributed by atoms with van der Waals surface area (Å²) in [5, 5.41) is 9.79. The summed E-state index contributed by atoms with van der Waals surface area (Å²) in [6.07, 6.45) is -4.66. The Labute approximate surface area is 135 Å². The highest BCUT2D eigenvalue weighted by atomic mass is 19.4. The summed E-state index contributed by atoms with van der Waals surface area (Å²) in [7, 11) is 0. The molecule has 1 fully saturated rings. The number of hydrogen-bond acceptors (Lipinski definition) is 2. The van der Waals surface area contributed by atoms with Gasteiger partial charge in [0.2, 0.25) is 0 Å². The first-order valence-corrected chi connectivity index (χ1v) is 7.35. The number of H-pyrrole nitrogens is 1. The molecule has 5 nitrogen and oxygen atoms in total. The minimum atomic E-state index is -4.66. The van der Waals surface area contributed by atoms with Gasteiger partial charge in [0.15, 0.2) is 0 Å². The van der Waals surface area contributed by atoms with E-state index in [2.05, 4.69) is 4.98 Å². The molecule has 2 aromatic rings. The molecule has 1 aromatic carbocycles. The van der Waals surface area contributed by atoms with Crippen molar-refractivity contribution in [1.29, 1.82) is 0 Å². The van der Waals surface area contributed by atoms with Crippen molar-refractivity contribution in [3.05, 3.63) is 35.5 Å². The highest BCUT2D eigenvalue weighted by molar-refractivity contribution is 5.98. The average molecular weight is 340 g/mol. The predicted molar refractivity (Wildman–Crippen MR) is 79.6 cm³/mol. The second kappa shape index (κ2) is 5.54. The first-order chi connectivity index (χ1) is 11.2. The highest BCUT2D eigenvalue weighted by Gasteiger charge is 2.53. The van der Waals surface area contributed by atoms with Gasteiger partial charge in [0, 0.05) is 24.0 Å². The van der Waals surface area contributed by atoms with Crippen LogP contribution in [0, 0.1) is 18.8 Å². The minimum Gasteiger partial charge on any atom is -0.481 e. The number of aryl methyl sites for hydroxylation is 1. The number of halogens is 3. The lowest BCUT2D eigenvalue weighted by Gasteiger charge is -2.18. The number of fused-ring (bicyclic) bond motifs is 1. The Morgan fingerprint density at radius 3 is 2.54 bits per heavy atom. The first-order valence-electron chi connectivity index (χ1n) is 7.35. The maximum Gasteiger partial charge on any atom is 0.394 e. The van der Waals surface area contributed by atoms with Gasteiger partial charge in [-0.15, -0.1) is 0 Å². The van der Waals surface area contributed by atoms with Crippen LogP contribution in [0.1, 0.15) is 16.1 Å². The number of aromatic nitrogens is 1. The van der Waals surface area contributed by atoms with Gasteiger partial charge in [0.05, 0.1) is 11.8 Å². The number of likely N-dealkylation sites (tertiary alicyclic amines) is 1. The number of carboxylic acids is 1. The maximum absolute atomic E-state index is 13.0. The van der Waals surface area contributed by atoms with Crippen LogP contribution >= 0.6 is 0 Å². The number of aliphatic carboxylic acids is 1. The van der Waals surface area contributed by atoms with E-state index in [-0.39, 0.29) is 5.69 Å². The molecule has 2 atom stereocenters. The molecular weight excluding hydrogens is 325 g/mol. The molecule has 128 valence electrons. The second-order valence-corrected chi connectivity index (χ2v) is 6.08. The van der Waals surface area contributed by atoms with E-state index in [4.69, 9.17) is 5.11 Å². The number of rotatable bonds is 2. The summed E-state index contributed by atoms with van der Waals surface area (Å²) in [5.74, 6) is -5.85. The summed E-state index contributed by atoms with van der Waals surface area (Å²) in [6.45, 7) is 0.786. The molecule has 24 heavy (non-hydrogen) atoms. The molecule has 1 amide bonds. The molecule has 1 aliphatic rings. The summed E-state index contributed by atoms with van der Waals surface area (Å²) < 4.78 is 39.0. The third-order valence-corrected chi connectivity index (χ3v) is 4.35. The molecule has 0 aliphatic carbocycles. The Balaban J connectivity index is 1.87. The van der Waals surface area contributed by atoms with Crippen molar-refractivity contribution in [1.82, 2.24) is 9.88 Å². The van der Waals surface area contributed by atoms with E-state index in [1.807, 2.05) is 19.1 Å². The van der Waals surface area contributed by atoms with Crippen molar-refractivity contribution in [3.63, 3.8) is 0 Å². The van der Waals surface area contributed by atoms with E-state index in [0.29, 0.717) is 5.52 Å². The number of alkyl halides is 3. The number of amides is 1. The Morgan fingerprint density at radius 2 is 1.96 bits per heavy atom. The number of nitrogens with zero attached hydrogens (tertiary/aromatic N) is 1. The van der Waals surface area contributed by atoms with Gasteiger partial charge in [-0.25, -0.2) is 0 Å². The summed E-state index contributed by atoms with van der Waals surface area (Å²) in [5.41, 5.74) is 1.84. The van der Waals surface area contributed by atoms with E-state index >= 15 is 0 Å². The monoisotopic (exact) mass is 340 g/mol. The van der Waals surface area contributed by atoms with Crippen molar-refractivity contribution < 1.29 is 27.9 Å². The van der Waals surface area contributed by atoms with Gasteiger partial charge in [-0.2, -0.15) is 13.2 Å². The second-order valence-electron chi connectivity index (χ2n) is 6.08. The molecule has 0 saturated carbocycles. The molecule has 0 bridgehead atoms. The summed E-state index contributed by atoms with van der Waals surface area (Å²) in [4.78, 5) is 27.4. The van der Waals surface area contributed by atoms with Gasteiger partial charge in [-0.05, 0) is 24.6 Å². The Hall–Kier alpha value is -2.51. The maximum atomic E-state index is 13.0. The zero-order chi connectivity index (χ0) is 17.6. The van der Waals surface area contributed by atoms with Gasteiger partial charge in [-0.1, -0.05) is 12.1 Å². The summed E-state index contributed by atoms with van der Waals surface area (Å²) >= 11 is 0. The lowest BCUT2D eigenvalue weighted by atomic mass is 9.96. The fourth-order valence-electron chi connectivity index (χ4n) is 3.08. The third-order valence-electron chi connectivity index (χ3n) is 4.35. The first kappa shape index (κ1) is 16.4. The third kappa shape index (κ3) is 2.83. The normalized spacial score (nSPS) is 21.4. The van der Waals surface area contributed by atoms with Crippen LogP contribution in [0.2, 0.25) is 0 Å². The van der Waals surface area contributed by atoms with Crippen LogP contribution in [0.3, 0.4) is 0 Å². The minimum absolute atomic E-state index is 0.155. The van der Waals surface area contributed by atoms with Gasteiger partial charge in [-0.3, -0.25) is 9.59 Å². The Kier molecular flexibility index (Phi) is 3.77. The van der Waals surface area contributed by atoms with Crippen molar-refractivity contribution in [2.24, 2.45) is 11.8 Å². The van der Waals surface area contributed by atoms with Crippen LogP contribution in [0.4, 0.5) is 13.2 Å². The fraction of sp³-hybridized carbons (Fsp3) is 0.375. The quantitative estimate of drug-likeness (QED) is 0.883. The largest absolute Gasteiger partial charge is 0.481 e. The van der Waals surface area contributed by atoms with E-state index in [0.717, 1.165) is 15.8 Å². The van der Waals surface area contributed by atoms with Crippen LogP contribution in [0.5, 0.6) is 0 Å². The zero-order valence-electron chi connectivity index (χ0n) is 12.7. The molecule has 1 aromatic heterocycles. The number of carboxylic acid groups (broad SMARTS) is 1. The molecule has 0 spiro atoms. The molecule has 2 heterocycles. The van der Waals surface area contributed by atoms with Gasteiger partial charge >= 0.3 is 12.1 Å². The Morgan fingerprint density at radius 1 is 1.25 bits per heavy atom. The van der Waals surface area contributed by atoms with E-state index in [1.54, 1.807) is 12.1 Å². The lowest BCUT2D eigenvalue weighted by molar-refractivity contribution is -0.187. The zero-order valence-corrected chi connectivity index (χ0v) is 12.7. The molecule has 2 N–H and O–H groups in total. The SMILES string of the molecule is Cc1ccc2cc(C(=O)N3C[C@@H](C(F)(F)F)[C@H](C(=O)O)C3)[nH]c2c1. The number of aromatic amines is 1. The van der Waals surface area contributed by atoms with Crippen LogP contribution in [0.25, 0.3) is 10.9 Å². The van der Waals surface area contributed by atoms with Gasteiger partial charge in [0.25, 0.3) is 5.91 Å². The van der Waals surface area contributed by atoms with Crippen LogP contribution in [0.15, 0.2) is 24.3 Å². The molecule has 0 radical (unpaired) electrons. The van der Waals surface area contributed by atoms with Crippen LogP contribution in [-0.2, 0) is 4.79 Å². The van der Waals surface area contributed by atoms with Gasteiger partial charge < -0.3 is 15.0 Å². The van der Waals surface area contributed by atoms with Crippen LogP contribution in [-0.4, -0.2) is 46.1 Å². The van der Waals surface area contributed by atoms with Crippen molar-refractivity contribution in [2.75, 3.05) is 13.1 Å². The van der Waals surface area contributed by atoms with E-state index < -0.39 is 43.0 Å². The summed E-state index contributed by atoms with van der Waals surface area (Å²) in [6, 6.07) is 7.06. The number of nitrogens with one attached hydrogen (secondary N) is 1. The fourth-order valence-corrected chi connectivity index (χ4v) is 3.08. The number of carbonyl (C=O) groups is 2.